The second-order valence-corrected chi connectivity index (χ2v) is 7.60. The van der Waals surface area contributed by atoms with Crippen molar-refractivity contribution in [2.24, 2.45) is 0 Å². The third kappa shape index (κ3) is 4.57. The first kappa shape index (κ1) is 20.8. The second-order valence-electron chi connectivity index (χ2n) is 7.20. The van der Waals surface area contributed by atoms with Crippen molar-refractivity contribution in [2.45, 2.75) is 40.2 Å². The van der Waals surface area contributed by atoms with Crippen LogP contribution in [-0.4, -0.2) is 15.7 Å². The number of hydrogen-bond acceptors (Lipinski definition) is 3. The van der Waals surface area contributed by atoms with Crippen LogP contribution in [0.2, 0.25) is 5.02 Å². The van der Waals surface area contributed by atoms with Gasteiger partial charge >= 0.3 is 0 Å². The highest BCUT2D eigenvalue weighted by molar-refractivity contribution is 6.31. The number of amides is 1. The van der Waals surface area contributed by atoms with Gasteiger partial charge in [-0.05, 0) is 62.6 Å². The number of carbonyl (C=O) groups excluding carboxylic acids is 1. The van der Waals surface area contributed by atoms with Gasteiger partial charge in [-0.15, -0.1) is 0 Å². The minimum Gasteiger partial charge on any atom is -0.324 e. The zero-order valence-corrected chi connectivity index (χ0v) is 17.7. The van der Waals surface area contributed by atoms with E-state index in [2.05, 4.69) is 10.4 Å². The zero-order chi connectivity index (χ0) is 21.1. The van der Waals surface area contributed by atoms with Gasteiger partial charge in [-0.1, -0.05) is 42.3 Å². The molecule has 0 saturated carbocycles. The first-order chi connectivity index (χ1) is 13.8. The number of nitrogens with zero attached hydrogens (tertiary/aromatic N) is 2. The van der Waals surface area contributed by atoms with Crippen molar-refractivity contribution < 1.29 is 4.79 Å². The number of carbonyl (C=O) groups is 1. The second kappa shape index (κ2) is 8.62. The molecule has 0 unspecified atom stereocenters. The number of benzene rings is 2. The predicted octanol–water partition coefficient (Wildman–Crippen LogP) is 5.08. The van der Waals surface area contributed by atoms with Crippen LogP contribution in [0.25, 0.3) is 11.3 Å². The minimum atomic E-state index is -0.729. The Labute approximate surface area is 175 Å². The summed E-state index contributed by atoms with van der Waals surface area (Å²) in [6, 6.07) is 13.8. The normalized spacial score (nSPS) is 11.9. The number of aromatic nitrogens is 2. The zero-order valence-electron chi connectivity index (χ0n) is 17.0. The number of rotatable bonds is 5. The standard InChI is InChI=1S/C23H24ClN3O2/c1-5-21(23(29)25-17-9-8-16(4)19(24)13-17)27-22(28)11-10-20(26-27)18-12-14(2)6-7-15(18)3/h6-13,21H,5H2,1-4H3,(H,25,29)/t21-/m0/s1. The molecule has 3 aromatic rings. The van der Waals surface area contributed by atoms with E-state index < -0.39 is 6.04 Å². The molecule has 0 aliphatic rings. The van der Waals surface area contributed by atoms with Crippen molar-refractivity contribution in [3.63, 3.8) is 0 Å². The van der Waals surface area contributed by atoms with Crippen LogP contribution in [0.5, 0.6) is 0 Å². The maximum Gasteiger partial charge on any atom is 0.267 e. The number of halogens is 1. The van der Waals surface area contributed by atoms with Gasteiger partial charge in [-0.3, -0.25) is 9.59 Å². The molecule has 6 heteroatoms. The Kier molecular flexibility index (Phi) is 6.18. The smallest absolute Gasteiger partial charge is 0.267 e. The van der Waals surface area contributed by atoms with Gasteiger partial charge in [0.1, 0.15) is 6.04 Å². The maximum atomic E-state index is 12.9. The lowest BCUT2D eigenvalue weighted by molar-refractivity contribution is -0.119. The van der Waals surface area contributed by atoms with Crippen LogP contribution in [-0.2, 0) is 4.79 Å². The van der Waals surface area contributed by atoms with E-state index >= 15 is 0 Å². The van der Waals surface area contributed by atoms with Crippen molar-refractivity contribution in [1.29, 1.82) is 0 Å². The largest absolute Gasteiger partial charge is 0.324 e. The minimum absolute atomic E-state index is 0.305. The van der Waals surface area contributed by atoms with Crippen LogP contribution in [0, 0.1) is 20.8 Å². The third-order valence-electron chi connectivity index (χ3n) is 4.92. The van der Waals surface area contributed by atoms with Crippen molar-refractivity contribution >= 4 is 23.2 Å². The molecule has 0 radical (unpaired) electrons. The van der Waals surface area contributed by atoms with Crippen molar-refractivity contribution in [3.8, 4) is 11.3 Å². The van der Waals surface area contributed by atoms with E-state index in [0.717, 1.165) is 22.3 Å². The molecule has 1 atom stereocenters. The summed E-state index contributed by atoms with van der Waals surface area (Å²) in [4.78, 5) is 25.4. The molecular formula is C23H24ClN3O2. The summed E-state index contributed by atoms with van der Waals surface area (Å²) in [6.07, 6.45) is 0.425. The number of aryl methyl sites for hydroxylation is 3. The van der Waals surface area contributed by atoms with Crippen LogP contribution in [0.4, 0.5) is 5.69 Å². The van der Waals surface area contributed by atoms with Crippen LogP contribution in [0.15, 0.2) is 53.3 Å². The molecule has 0 aliphatic heterocycles. The monoisotopic (exact) mass is 409 g/mol. The first-order valence-corrected chi connectivity index (χ1v) is 9.92. The Bertz CT molecular complexity index is 1120. The highest BCUT2D eigenvalue weighted by atomic mass is 35.5. The van der Waals surface area contributed by atoms with E-state index in [9.17, 15) is 9.59 Å². The van der Waals surface area contributed by atoms with Gasteiger partial charge in [0.15, 0.2) is 0 Å². The van der Waals surface area contributed by atoms with Gasteiger partial charge in [0, 0.05) is 22.3 Å². The third-order valence-corrected chi connectivity index (χ3v) is 5.33. The predicted molar refractivity (Wildman–Crippen MR) is 118 cm³/mol. The SMILES string of the molecule is CC[C@@H](C(=O)Nc1ccc(C)c(Cl)c1)n1nc(-c2cc(C)ccc2C)ccc1=O. The van der Waals surface area contributed by atoms with E-state index in [1.165, 1.54) is 10.7 Å². The van der Waals surface area contributed by atoms with Gasteiger partial charge in [0.05, 0.1) is 5.69 Å². The number of nitrogens with one attached hydrogen (secondary N) is 1. The Balaban J connectivity index is 1.96. The van der Waals surface area contributed by atoms with Gasteiger partial charge in [0.25, 0.3) is 5.56 Å². The summed E-state index contributed by atoms with van der Waals surface area (Å²) < 4.78 is 1.27. The summed E-state index contributed by atoms with van der Waals surface area (Å²) in [5.41, 5.74) is 4.96. The lowest BCUT2D eigenvalue weighted by atomic mass is 10.0. The molecule has 1 amide bonds. The first-order valence-electron chi connectivity index (χ1n) is 9.54. The highest BCUT2D eigenvalue weighted by Gasteiger charge is 2.22. The molecule has 0 saturated heterocycles. The average Bonchev–Trinajstić information content (AvgIpc) is 2.69. The summed E-state index contributed by atoms with van der Waals surface area (Å²) in [5.74, 6) is -0.305. The fourth-order valence-corrected chi connectivity index (χ4v) is 3.35. The summed E-state index contributed by atoms with van der Waals surface area (Å²) in [5, 5.41) is 7.94. The molecule has 0 spiro atoms. The Morgan fingerprint density at radius 3 is 2.48 bits per heavy atom. The Morgan fingerprint density at radius 1 is 1.07 bits per heavy atom. The molecule has 2 aromatic carbocycles. The molecule has 0 bridgehead atoms. The van der Waals surface area contributed by atoms with Gasteiger partial charge in [0.2, 0.25) is 5.91 Å². The number of hydrogen-bond donors (Lipinski definition) is 1. The molecular weight excluding hydrogens is 386 g/mol. The summed E-state index contributed by atoms with van der Waals surface area (Å²) in [7, 11) is 0. The van der Waals surface area contributed by atoms with Gasteiger partial charge in [-0.2, -0.15) is 5.10 Å². The molecule has 0 aliphatic carbocycles. The van der Waals surface area contributed by atoms with E-state index in [-0.39, 0.29) is 11.5 Å². The maximum absolute atomic E-state index is 12.9. The van der Waals surface area contributed by atoms with E-state index in [0.29, 0.717) is 22.8 Å². The van der Waals surface area contributed by atoms with Crippen molar-refractivity contribution in [1.82, 2.24) is 9.78 Å². The topological polar surface area (TPSA) is 64.0 Å². The fourth-order valence-electron chi connectivity index (χ4n) is 3.17. The van der Waals surface area contributed by atoms with Crippen LogP contribution in [0.1, 0.15) is 36.1 Å². The highest BCUT2D eigenvalue weighted by Crippen LogP contribution is 2.24. The molecule has 5 nitrogen and oxygen atoms in total. The van der Waals surface area contributed by atoms with Crippen LogP contribution < -0.4 is 10.9 Å². The van der Waals surface area contributed by atoms with E-state index in [1.807, 2.05) is 52.0 Å². The van der Waals surface area contributed by atoms with Crippen molar-refractivity contribution in [3.05, 3.63) is 80.6 Å². The lowest BCUT2D eigenvalue weighted by Crippen LogP contribution is -2.34. The Hall–Kier alpha value is -2.92. The van der Waals surface area contributed by atoms with Crippen LogP contribution >= 0.6 is 11.6 Å². The lowest BCUT2D eigenvalue weighted by Gasteiger charge is -2.18. The molecule has 0 fully saturated rings. The molecule has 150 valence electrons. The van der Waals surface area contributed by atoms with Gasteiger partial charge < -0.3 is 5.32 Å². The Morgan fingerprint density at radius 2 is 1.79 bits per heavy atom. The fraction of sp³-hybridized carbons (Fsp3) is 0.261. The summed E-state index contributed by atoms with van der Waals surface area (Å²) in [6.45, 7) is 7.75. The number of anilines is 1. The van der Waals surface area contributed by atoms with Gasteiger partial charge in [-0.25, -0.2) is 4.68 Å². The van der Waals surface area contributed by atoms with E-state index in [1.54, 1.807) is 18.2 Å². The molecule has 3 rings (SSSR count). The van der Waals surface area contributed by atoms with Crippen molar-refractivity contribution in [2.75, 3.05) is 5.32 Å². The molecule has 29 heavy (non-hydrogen) atoms. The van der Waals surface area contributed by atoms with Crippen LogP contribution in [0.3, 0.4) is 0 Å². The molecule has 1 N–H and O–H groups in total. The molecule has 1 heterocycles. The average molecular weight is 410 g/mol. The van der Waals surface area contributed by atoms with E-state index in [4.69, 9.17) is 11.6 Å². The summed E-state index contributed by atoms with van der Waals surface area (Å²) >= 11 is 6.15. The quantitative estimate of drug-likeness (QED) is 0.639. The molecule has 1 aromatic heterocycles.